The van der Waals surface area contributed by atoms with E-state index in [4.69, 9.17) is 0 Å². The minimum Gasteiger partial charge on any atom is -0.347 e. The van der Waals surface area contributed by atoms with Crippen LogP contribution in [-0.2, 0) is 19.9 Å². The predicted molar refractivity (Wildman–Crippen MR) is 90.9 cm³/mol. The Balaban J connectivity index is 0.000000774. The number of hydrogen-bond donors (Lipinski definition) is 0. The van der Waals surface area contributed by atoms with Gasteiger partial charge in [-0.25, -0.2) is 0 Å². The Hall–Kier alpha value is -1.83. The highest BCUT2D eigenvalue weighted by molar-refractivity contribution is 5.80. The molecular formula is C19H25NO. The summed E-state index contributed by atoms with van der Waals surface area (Å²) in [4.78, 5) is 12.7. The van der Waals surface area contributed by atoms with E-state index in [1.165, 1.54) is 5.69 Å². The van der Waals surface area contributed by atoms with Crippen LogP contribution in [0.15, 0.2) is 41.2 Å². The zero-order chi connectivity index (χ0) is 15.4. The smallest absolute Gasteiger partial charge is 0.192 e. The molecule has 1 aliphatic carbocycles. The maximum Gasteiger partial charge on any atom is 0.192 e. The van der Waals surface area contributed by atoms with Crippen molar-refractivity contribution in [2.24, 2.45) is 13.0 Å². The summed E-state index contributed by atoms with van der Waals surface area (Å²) in [6.45, 7) is 6.22. The molecule has 2 aromatic rings. The van der Waals surface area contributed by atoms with Crippen molar-refractivity contribution >= 4 is 10.9 Å². The lowest BCUT2D eigenvalue weighted by Crippen LogP contribution is -2.20. The number of benzene rings is 1. The molecule has 112 valence electrons. The van der Waals surface area contributed by atoms with Crippen LogP contribution in [0.25, 0.3) is 10.9 Å². The maximum absolute atomic E-state index is 12.7. The molecule has 3 rings (SSSR count). The van der Waals surface area contributed by atoms with E-state index >= 15 is 0 Å². The Labute approximate surface area is 127 Å². The van der Waals surface area contributed by atoms with Gasteiger partial charge < -0.3 is 4.57 Å². The first-order chi connectivity index (χ1) is 10.2. The summed E-state index contributed by atoms with van der Waals surface area (Å²) in [5, 5.41) is 0.848. The van der Waals surface area contributed by atoms with Crippen LogP contribution in [0.3, 0.4) is 0 Å². The van der Waals surface area contributed by atoms with E-state index < -0.39 is 0 Å². The van der Waals surface area contributed by atoms with Crippen LogP contribution in [0.2, 0.25) is 0 Å². The highest BCUT2D eigenvalue weighted by atomic mass is 16.1. The Morgan fingerprint density at radius 2 is 1.90 bits per heavy atom. The molecule has 0 radical (unpaired) electrons. The van der Waals surface area contributed by atoms with Gasteiger partial charge in [-0.3, -0.25) is 4.79 Å². The molecule has 0 amide bonds. The van der Waals surface area contributed by atoms with Gasteiger partial charge in [-0.1, -0.05) is 45.1 Å². The molecule has 0 saturated carbocycles. The lowest BCUT2D eigenvalue weighted by molar-refractivity contribution is 0.629. The Bertz CT molecular complexity index is 709. The number of rotatable bonds is 0. The molecular weight excluding hydrogens is 258 g/mol. The topological polar surface area (TPSA) is 22.0 Å². The van der Waals surface area contributed by atoms with Crippen molar-refractivity contribution in [1.82, 2.24) is 4.57 Å². The van der Waals surface area contributed by atoms with Crippen molar-refractivity contribution in [3.63, 3.8) is 0 Å². The Morgan fingerprint density at radius 3 is 2.67 bits per heavy atom. The summed E-state index contributed by atoms with van der Waals surface area (Å²) in [6.07, 6.45) is 7.27. The van der Waals surface area contributed by atoms with Gasteiger partial charge in [0, 0.05) is 30.1 Å². The van der Waals surface area contributed by atoms with Gasteiger partial charge >= 0.3 is 0 Å². The summed E-state index contributed by atoms with van der Waals surface area (Å²) in [5.41, 5.74) is 3.45. The van der Waals surface area contributed by atoms with Crippen LogP contribution in [0, 0.1) is 5.92 Å². The normalized spacial score (nSPS) is 19.0. The third-order valence-electron chi connectivity index (χ3n) is 4.16. The second-order valence-electron chi connectivity index (χ2n) is 5.48. The SMILES string of the molecule is CC.CC1/C=C\Cc2c(c(=O)c3ccccc3n2C)CC1. The van der Waals surface area contributed by atoms with Gasteiger partial charge in [-0.2, -0.15) is 0 Å². The molecule has 1 atom stereocenters. The first-order valence-electron chi connectivity index (χ1n) is 7.94. The number of fused-ring (bicyclic) bond motifs is 2. The summed E-state index contributed by atoms with van der Waals surface area (Å²) in [6, 6.07) is 7.91. The van der Waals surface area contributed by atoms with E-state index in [1.54, 1.807) is 0 Å². The molecule has 1 aromatic heterocycles. The molecule has 0 spiro atoms. The molecule has 0 bridgehead atoms. The van der Waals surface area contributed by atoms with Crippen LogP contribution >= 0.6 is 0 Å². The fourth-order valence-electron chi connectivity index (χ4n) is 3.00. The number of allylic oxidation sites excluding steroid dienone is 2. The van der Waals surface area contributed by atoms with E-state index in [1.807, 2.05) is 38.1 Å². The summed E-state index contributed by atoms with van der Waals surface area (Å²) in [5.74, 6) is 0.560. The molecule has 21 heavy (non-hydrogen) atoms. The standard InChI is InChI=1S/C17H19NO.C2H6/c1-12-6-5-9-16-14(11-10-12)17(19)13-7-3-4-8-15(13)18(16)2;1-2/h3-8,12H,9-11H2,1-2H3;1-2H3/b6-5-;. The quantitative estimate of drug-likeness (QED) is 0.663. The molecule has 0 N–H and O–H groups in total. The molecule has 1 unspecified atom stereocenters. The van der Waals surface area contributed by atoms with E-state index in [0.717, 1.165) is 35.7 Å². The number of nitrogens with zero attached hydrogens (tertiary/aromatic N) is 1. The van der Waals surface area contributed by atoms with Crippen molar-refractivity contribution in [3.05, 3.63) is 57.9 Å². The molecule has 2 heteroatoms. The summed E-state index contributed by atoms with van der Waals surface area (Å²) >= 11 is 0. The second-order valence-corrected chi connectivity index (χ2v) is 5.48. The third-order valence-corrected chi connectivity index (χ3v) is 4.16. The first kappa shape index (κ1) is 15.6. The number of aromatic nitrogens is 1. The van der Waals surface area contributed by atoms with Crippen LogP contribution in [0.4, 0.5) is 0 Å². The number of pyridine rings is 1. The molecule has 1 aliphatic rings. The van der Waals surface area contributed by atoms with Crippen molar-refractivity contribution < 1.29 is 0 Å². The van der Waals surface area contributed by atoms with Gasteiger partial charge in [0.25, 0.3) is 0 Å². The Morgan fingerprint density at radius 1 is 1.19 bits per heavy atom. The fourth-order valence-corrected chi connectivity index (χ4v) is 3.00. The van der Waals surface area contributed by atoms with Gasteiger partial charge in [0.2, 0.25) is 0 Å². The molecule has 2 nitrogen and oxygen atoms in total. The molecule has 0 saturated heterocycles. The molecule has 0 fully saturated rings. The van der Waals surface area contributed by atoms with Crippen LogP contribution in [-0.4, -0.2) is 4.57 Å². The van der Waals surface area contributed by atoms with E-state index in [9.17, 15) is 4.79 Å². The number of aryl methyl sites for hydroxylation is 1. The monoisotopic (exact) mass is 283 g/mol. The van der Waals surface area contributed by atoms with Gasteiger partial charge in [-0.05, 0) is 30.9 Å². The summed E-state index contributed by atoms with van der Waals surface area (Å²) in [7, 11) is 2.07. The van der Waals surface area contributed by atoms with E-state index in [2.05, 4.69) is 30.7 Å². The zero-order valence-electron chi connectivity index (χ0n) is 13.5. The first-order valence-corrected chi connectivity index (χ1v) is 7.94. The summed E-state index contributed by atoms with van der Waals surface area (Å²) < 4.78 is 2.19. The fraction of sp³-hybridized carbons (Fsp3) is 0.421. The van der Waals surface area contributed by atoms with E-state index in [0.29, 0.717) is 5.92 Å². The van der Waals surface area contributed by atoms with Crippen molar-refractivity contribution in [2.75, 3.05) is 0 Å². The van der Waals surface area contributed by atoms with Crippen LogP contribution < -0.4 is 5.43 Å². The minimum absolute atomic E-state index is 0.228. The van der Waals surface area contributed by atoms with Gasteiger partial charge in [-0.15, -0.1) is 0 Å². The second kappa shape index (κ2) is 6.75. The molecule has 1 heterocycles. The lowest BCUT2D eigenvalue weighted by Gasteiger charge is -2.19. The average molecular weight is 283 g/mol. The predicted octanol–water partition coefficient (Wildman–Crippen LogP) is 4.25. The maximum atomic E-state index is 12.7. The lowest BCUT2D eigenvalue weighted by atomic mass is 9.93. The van der Waals surface area contributed by atoms with Gasteiger partial charge in [0.1, 0.15) is 0 Å². The zero-order valence-corrected chi connectivity index (χ0v) is 13.5. The number of para-hydroxylation sites is 1. The van der Waals surface area contributed by atoms with Gasteiger partial charge in [0.15, 0.2) is 5.43 Å². The average Bonchev–Trinajstić information content (AvgIpc) is 2.51. The third kappa shape index (κ3) is 2.94. The molecule has 0 aliphatic heterocycles. The number of hydrogen-bond acceptors (Lipinski definition) is 1. The Kier molecular flexibility index (Phi) is 5.00. The highest BCUT2D eigenvalue weighted by Gasteiger charge is 2.16. The minimum atomic E-state index is 0.228. The van der Waals surface area contributed by atoms with E-state index in [-0.39, 0.29) is 5.43 Å². The van der Waals surface area contributed by atoms with Crippen molar-refractivity contribution in [1.29, 1.82) is 0 Å². The van der Waals surface area contributed by atoms with Crippen LogP contribution in [0.1, 0.15) is 38.4 Å². The highest BCUT2D eigenvalue weighted by Crippen LogP contribution is 2.21. The van der Waals surface area contributed by atoms with Crippen LogP contribution in [0.5, 0.6) is 0 Å². The van der Waals surface area contributed by atoms with Crippen molar-refractivity contribution in [2.45, 2.75) is 40.0 Å². The van der Waals surface area contributed by atoms with Gasteiger partial charge in [0.05, 0.1) is 5.52 Å². The molecule has 1 aromatic carbocycles. The van der Waals surface area contributed by atoms with Crippen molar-refractivity contribution in [3.8, 4) is 0 Å². The largest absolute Gasteiger partial charge is 0.347 e.